The number of amides is 1. The van der Waals surface area contributed by atoms with Crippen molar-refractivity contribution in [3.8, 4) is 0 Å². The Morgan fingerprint density at radius 1 is 1.10 bits per heavy atom. The van der Waals surface area contributed by atoms with E-state index in [0.29, 0.717) is 18.5 Å². The van der Waals surface area contributed by atoms with E-state index in [1.54, 1.807) is 6.08 Å². The van der Waals surface area contributed by atoms with Crippen LogP contribution in [0.4, 0.5) is 5.69 Å². The topological polar surface area (TPSA) is 69.2 Å². The normalized spacial score (nSPS) is 21.5. The molecule has 0 aliphatic heterocycles. The van der Waals surface area contributed by atoms with E-state index in [4.69, 9.17) is 0 Å². The number of aryl methyl sites for hydroxylation is 2. The number of carbonyl (C=O) groups excluding carboxylic acids is 2. The summed E-state index contributed by atoms with van der Waals surface area (Å²) < 4.78 is 0. The van der Waals surface area contributed by atoms with Gasteiger partial charge in [-0.05, 0) is 49.9 Å². The largest absolute Gasteiger partial charge is 0.550 e. The Hall–Kier alpha value is -2.10. The van der Waals surface area contributed by atoms with Crippen LogP contribution in [-0.2, 0) is 9.59 Å². The van der Waals surface area contributed by atoms with Crippen LogP contribution in [0.3, 0.4) is 0 Å². The molecule has 106 valence electrons. The fourth-order valence-electron chi connectivity index (χ4n) is 2.42. The molecule has 0 spiro atoms. The average molecular weight is 272 g/mol. The number of nitrogens with one attached hydrogen (secondary N) is 1. The van der Waals surface area contributed by atoms with Crippen molar-refractivity contribution in [3.05, 3.63) is 41.5 Å². The van der Waals surface area contributed by atoms with Gasteiger partial charge in [-0.3, -0.25) is 4.79 Å². The van der Waals surface area contributed by atoms with Gasteiger partial charge in [0, 0.05) is 17.6 Å². The van der Waals surface area contributed by atoms with Crippen LogP contribution >= 0.6 is 0 Å². The number of carboxylic acids is 1. The molecule has 20 heavy (non-hydrogen) atoms. The number of aliphatic carboxylic acids is 1. The van der Waals surface area contributed by atoms with E-state index in [1.807, 2.05) is 38.1 Å². The lowest BCUT2D eigenvalue weighted by molar-refractivity contribution is -0.313. The number of allylic oxidation sites excluding steroid dienone is 2. The molecule has 1 aliphatic rings. The van der Waals surface area contributed by atoms with Gasteiger partial charge >= 0.3 is 0 Å². The molecule has 0 heterocycles. The molecule has 0 saturated heterocycles. The lowest BCUT2D eigenvalue weighted by atomic mass is 9.82. The molecule has 0 fully saturated rings. The molecule has 1 aromatic rings. The third kappa shape index (κ3) is 3.07. The van der Waals surface area contributed by atoms with Crippen LogP contribution in [0.1, 0.15) is 24.0 Å². The van der Waals surface area contributed by atoms with Gasteiger partial charge in [-0.15, -0.1) is 0 Å². The number of benzene rings is 1. The number of anilines is 1. The Morgan fingerprint density at radius 2 is 1.75 bits per heavy atom. The van der Waals surface area contributed by atoms with Crippen molar-refractivity contribution in [3.63, 3.8) is 0 Å². The Bertz CT molecular complexity index is 563. The lowest BCUT2D eigenvalue weighted by Crippen LogP contribution is -2.41. The molecule has 4 nitrogen and oxygen atoms in total. The molecule has 0 saturated carbocycles. The predicted octanol–water partition coefficient (Wildman–Crippen LogP) is 1.57. The van der Waals surface area contributed by atoms with Crippen molar-refractivity contribution in [2.45, 2.75) is 26.7 Å². The van der Waals surface area contributed by atoms with Gasteiger partial charge in [0.1, 0.15) is 0 Å². The molecule has 0 unspecified atom stereocenters. The van der Waals surface area contributed by atoms with Crippen LogP contribution in [-0.4, -0.2) is 11.9 Å². The molecule has 1 aliphatic carbocycles. The summed E-state index contributed by atoms with van der Waals surface area (Å²) in [6.07, 6.45) is 4.44. The quantitative estimate of drug-likeness (QED) is 0.849. The van der Waals surface area contributed by atoms with Crippen LogP contribution < -0.4 is 10.4 Å². The Kier molecular flexibility index (Phi) is 4.23. The third-order valence-corrected chi connectivity index (χ3v) is 3.85. The van der Waals surface area contributed by atoms with E-state index in [1.165, 1.54) is 0 Å². The number of rotatable bonds is 3. The first-order valence-corrected chi connectivity index (χ1v) is 6.73. The molecule has 1 amide bonds. The summed E-state index contributed by atoms with van der Waals surface area (Å²) in [4.78, 5) is 23.3. The molecule has 0 bridgehead atoms. The number of hydrogen-bond donors (Lipinski definition) is 1. The minimum atomic E-state index is -1.16. The number of carboxylic acid groups (broad SMARTS) is 1. The van der Waals surface area contributed by atoms with Crippen LogP contribution in [0, 0.1) is 25.7 Å². The van der Waals surface area contributed by atoms with Crippen molar-refractivity contribution >= 4 is 17.6 Å². The molecule has 2 atom stereocenters. The zero-order valence-electron chi connectivity index (χ0n) is 11.7. The molecule has 0 aromatic heterocycles. The van der Waals surface area contributed by atoms with E-state index in [-0.39, 0.29) is 5.91 Å². The second-order valence-corrected chi connectivity index (χ2v) is 5.26. The van der Waals surface area contributed by atoms with Gasteiger partial charge < -0.3 is 15.2 Å². The fraction of sp³-hybridized carbons (Fsp3) is 0.375. The summed E-state index contributed by atoms with van der Waals surface area (Å²) in [5.41, 5.74) is 2.93. The summed E-state index contributed by atoms with van der Waals surface area (Å²) >= 11 is 0. The van der Waals surface area contributed by atoms with Crippen LogP contribution in [0.15, 0.2) is 30.4 Å². The monoisotopic (exact) mass is 272 g/mol. The van der Waals surface area contributed by atoms with Crippen molar-refractivity contribution in [2.75, 3.05) is 5.32 Å². The molecular weight excluding hydrogens is 254 g/mol. The van der Waals surface area contributed by atoms with E-state index >= 15 is 0 Å². The molecule has 1 N–H and O–H groups in total. The first-order valence-electron chi connectivity index (χ1n) is 6.73. The maximum absolute atomic E-state index is 12.2. The first kappa shape index (κ1) is 14.3. The average Bonchev–Trinajstić information content (AvgIpc) is 2.43. The predicted molar refractivity (Wildman–Crippen MR) is 74.9 cm³/mol. The van der Waals surface area contributed by atoms with Crippen LogP contribution in [0.2, 0.25) is 0 Å². The summed E-state index contributed by atoms with van der Waals surface area (Å²) in [5.74, 6) is -2.72. The van der Waals surface area contributed by atoms with Crippen LogP contribution in [0.25, 0.3) is 0 Å². The van der Waals surface area contributed by atoms with Crippen molar-refractivity contribution < 1.29 is 14.7 Å². The van der Waals surface area contributed by atoms with Gasteiger partial charge in [0.05, 0.1) is 5.92 Å². The Balaban J connectivity index is 2.12. The van der Waals surface area contributed by atoms with E-state index in [2.05, 4.69) is 5.32 Å². The molecule has 0 radical (unpaired) electrons. The van der Waals surface area contributed by atoms with Gasteiger partial charge in [0.15, 0.2) is 0 Å². The lowest BCUT2D eigenvalue weighted by Gasteiger charge is -2.28. The minimum Gasteiger partial charge on any atom is -0.550 e. The van der Waals surface area contributed by atoms with Crippen LogP contribution in [0.5, 0.6) is 0 Å². The SMILES string of the molecule is Cc1ccc(NC(=O)[C@@H]2CC=CC[C@H]2C(=O)[O-])cc1C. The first-order chi connectivity index (χ1) is 9.49. The summed E-state index contributed by atoms with van der Waals surface area (Å²) in [6, 6.07) is 5.65. The highest BCUT2D eigenvalue weighted by molar-refractivity contribution is 5.95. The smallest absolute Gasteiger partial charge is 0.228 e. The van der Waals surface area contributed by atoms with Gasteiger partial charge in [0.2, 0.25) is 5.91 Å². The molecule has 2 rings (SSSR count). The maximum Gasteiger partial charge on any atom is 0.228 e. The summed E-state index contributed by atoms with van der Waals surface area (Å²) in [7, 11) is 0. The van der Waals surface area contributed by atoms with E-state index in [0.717, 1.165) is 11.1 Å². The van der Waals surface area contributed by atoms with Crippen molar-refractivity contribution in [2.24, 2.45) is 11.8 Å². The third-order valence-electron chi connectivity index (χ3n) is 3.85. The van der Waals surface area contributed by atoms with Crippen molar-refractivity contribution in [1.82, 2.24) is 0 Å². The molecular formula is C16H18NO3-. The van der Waals surface area contributed by atoms with Crippen molar-refractivity contribution in [1.29, 1.82) is 0 Å². The summed E-state index contributed by atoms with van der Waals surface area (Å²) in [6.45, 7) is 3.97. The van der Waals surface area contributed by atoms with E-state index in [9.17, 15) is 14.7 Å². The fourth-order valence-corrected chi connectivity index (χ4v) is 2.42. The number of hydrogen-bond acceptors (Lipinski definition) is 3. The van der Waals surface area contributed by atoms with Gasteiger partial charge in [-0.2, -0.15) is 0 Å². The number of carbonyl (C=O) groups is 2. The maximum atomic E-state index is 12.2. The Morgan fingerprint density at radius 3 is 2.35 bits per heavy atom. The zero-order valence-corrected chi connectivity index (χ0v) is 11.7. The highest BCUT2D eigenvalue weighted by Crippen LogP contribution is 2.27. The molecule has 4 heteroatoms. The second-order valence-electron chi connectivity index (χ2n) is 5.26. The summed E-state index contributed by atoms with van der Waals surface area (Å²) in [5, 5.41) is 13.9. The minimum absolute atomic E-state index is 0.258. The zero-order chi connectivity index (χ0) is 14.7. The van der Waals surface area contributed by atoms with Gasteiger partial charge in [-0.1, -0.05) is 18.2 Å². The highest BCUT2D eigenvalue weighted by atomic mass is 16.4. The van der Waals surface area contributed by atoms with Gasteiger partial charge in [0.25, 0.3) is 0 Å². The van der Waals surface area contributed by atoms with E-state index < -0.39 is 17.8 Å². The second kappa shape index (κ2) is 5.90. The Labute approximate surface area is 118 Å². The highest BCUT2D eigenvalue weighted by Gasteiger charge is 2.29. The standard InChI is InChI=1S/C16H19NO3/c1-10-7-8-12(9-11(10)2)17-15(18)13-5-3-4-6-14(13)16(19)20/h3-4,7-9,13-14H,5-6H2,1-2H3,(H,17,18)(H,19,20)/p-1/t13-,14-/m1/s1. The molecule has 1 aromatic carbocycles. The van der Waals surface area contributed by atoms with Gasteiger partial charge in [-0.25, -0.2) is 0 Å².